The van der Waals surface area contributed by atoms with E-state index >= 15 is 0 Å². The monoisotopic (exact) mass is 674 g/mol. The summed E-state index contributed by atoms with van der Waals surface area (Å²) in [6, 6.07) is 4.93. The average Bonchev–Trinajstić information content (AvgIpc) is 3.28. The summed E-state index contributed by atoms with van der Waals surface area (Å²) in [5.74, 6) is -9.91. The van der Waals surface area contributed by atoms with E-state index in [1.807, 2.05) is 0 Å². The van der Waals surface area contributed by atoms with Crippen molar-refractivity contribution in [2.75, 3.05) is 19.1 Å². The Balaban J connectivity index is 1.46. The minimum absolute atomic E-state index is 0.0491. The molecule has 2 aliphatic heterocycles. The van der Waals surface area contributed by atoms with Gasteiger partial charge in [-0.25, -0.2) is 9.37 Å². The molecular weight excluding hydrogens is 655 g/mol. The molecule has 6 atom stereocenters. The van der Waals surface area contributed by atoms with Crippen LogP contribution in [0.3, 0.4) is 0 Å². The first kappa shape index (κ1) is 30.6. The zero-order valence-electron chi connectivity index (χ0n) is 22.7. The number of anilines is 1. The molecule has 44 heavy (non-hydrogen) atoms. The first-order valence-corrected chi connectivity index (χ1v) is 14.3. The van der Waals surface area contributed by atoms with E-state index in [0.29, 0.717) is 16.6 Å². The van der Waals surface area contributed by atoms with E-state index in [9.17, 15) is 41.8 Å². The lowest BCUT2D eigenvalue weighted by molar-refractivity contribution is -0.141. The highest BCUT2D eigenvalue weighted by molar-refractivity contribution is 6.53. The topological polar surface area (TPSA) is 111 Å². The zero-order chi connectivity index (χ0) is 32.3. The predicted octanol–water partition coefficient (Wildman–Crippen LogP) is 4.64. The van der Waals surface area contributed by atoms with Crippen molar-refractivity contribution in [3.63, 3.8) is 0 Å². The van der Waals surface area contributed by atoms with Crippen molar-refractivity contribution < 1.29 is 41.8 Å². The zero-order valence-corrected chi connectivity index (χ0v) is 25.0. The van der Waals surface area contributed by atoms with Gasteiger partial charge in [-0.3, -0.25) is 29.1 Å². The number of aromatic nitrogens is 1. The van der Waals surface area contributed by atoms with Crippen LogP contribution in [0.5, 0.6) is 5.75 Å². The smallest absolute Gasteiger partial charge is 0.433 e. The number of nitrogens with zero attached hydrogens (tertiary/aromatic N) is 4. The number of imide groups is 2. The van der Waals surface area contributed by atoms with Gasteiger partial charge in [0, 0.05) is 20.0 Å². The third-order valence-corrected chi connectivity index (χ3v) is 10.7. The second-order valence-corrected chi connectivity index (χ2v) is 12.9. The maximum Gasteiger partial charge on any atom is 0.433 e. The van der Waals surface area contributed by atoms with Crippen molar-refractivity contribution in [3.05, 3.63) is 64.1 Å². The molecule has 4 aliphatic rings. The number of rotatable bonds is 3. The normalized spacial score (nSPS) is 31.6. The van der Waals surface area contributed by atoms with Crippen molar-refractivity contribution in [3.8, 4) is 5.75 Å². The summed E-state index contributed by atoms with van der Waals surface area (Å²) in [6.45, 7) is 0. The van der Waals surface area contributed by atoms with Crippen molar-refractivity contribution in [2.24, 2.45) is 17.8 Å². The molecular formula is C28H21Cl3F4N4O5. The Bertz CT molecular complexity index is 1710. The molecule has 6 rings (SSSR count). The van der Waals surface area contributed by atoms with Crippen molar-refractivity contribution >= 4 is 64.2 Å². The SMILES string of the molecule is CN1C(=O)[C@]2(Cl)C[C@@H]3C(=CC[C@@H]4C(=O)N(N(C)c5nc(C(F)(F)F)ccc5Cl)C(=O)[C@@H]43)[C@H](c3ccc(O)c(F)c3)[C@]2(Cl)C1=O. The first-order valence-electron chi connectivity index (χ1n) is 13.2. The van der Waals surface area contributed by atoms with E-state index in [0.717, 1.165) is 28.1 Å². The number of hydrogen-bond donors (Lipinski definition) is 1. The van der Waals surface area contributed by atoms with Crippen LogP contribution in [0.4, 0.5) is 23.4 Å². The molecule has 0 bridgehead atoms. The molecule has 4 amide bonds. The van der Waals surface area contributed by atoms with Gasteiger partial charge in [0.15, 0.2) is 27.1 Å². The Morgan fingerprint density at radius 3 is 2.36 bits per heavy atom. The molecule has 1 N–H and O–H groups in total. The van der Waals surface area contributed by atoms with Gasteiger partial charge in [0.1, 0.15) is 5.69 Å². The quantitative estimate of drug-likeness (QED) is 0.219. The molecule has 16 heteroatoms. The van der Waals surface area contributed by atoms with Gasteiger partial charge in [0.2, 0.25) is 0 Å². The van der Waals surface area contributed by atoms with Gasteiger partial charge in [-0.1, -0.05) is 29.3 Å². The number of fused-ring (bicyclic) bond motifs is 4. The number of aromatic hydroxyl groups is 1. The second-order valence-electron chi connectivity index (χ2n) is 11.2. The summed E-state index contributed by atoms with van der Waals surface area (Å²) < 4.78 is 54.9. The fourth-order valence-electron chi connectivity index (χ4n) is 7.01. The fourth-order valence-corrected chi connectivity index (χ4v) is 8.26. The highest BCUT2D eigenvalue weighted by atomic mass is 35.5. The molecule has 9 nitrogen and oxygen atoms in total. The number of amides is 4. The number of likely N-dealkylation sites (tertiary alicyclic amines) is 1. The third kappa shape index (κ3) is 3.94. The molecule has 2 saturated heterocycles. The standard InChI is InChI=1S/C28H21Cl3F4N4O5/c1-37-24(43)26(30)10-14-12(20(27(26,31)25(37)44)11-3-7-17(40)16(32)9-11)4-5-13-19(14)23(42)39(22(13)41)38(2)21-15(29)6-8-18(36-21)28(33,34)35/h3-4,6-9,13-14,19-20,40H,5,10H2,1-2H3/t13-,14+,19-,20-,26+,27-/m0/s1. The van der Waals surface area contributed by atoms with Gasteiger partial charge >= 0.3 is 6.18 Å². The van der Waals surface area contributed by atoms with E-state index < -0.39 is 86.3 Å². The number of allylic oxidation sites excluding steroid dienone is 2. The van der Waals surface area contributed by atoms with Gasteiger partial charge in [0.25, 0.3) is 23.6 Å². The number of hydrazine groups is 1. The Morgan fingerprint density at radius 1 is 1.05 bits per heavy atom. The molecule has 2 aliphatic carbocycles. The van der Waals surface area contributed by atoms with Crippen LogP contribution in [0, 0.1) is 23.6 Å². The average molecular weight is 676 g/mol. The molecule has 0 unspecified atom stereocenters. The summed E-state index contributed by atoms with van der Waals surface area (Å²) >= 11 is 20.2. The Labute approximate surface area is 261 Å². The van der Waals surface area contributed by atoms with Crippen molar-refractivity contribution in [1.29, 1.82) is 0 Å². The third-order valence-electron chi connectivity index (χ3n) is 9.02. The van der Waals surface area contributed by atoms with E-state index in [1.54, 1.807) is 6.08 Å². The number of halogens is 7. The number of carbonyl (C=O) groups excluding carboxylic acids is 4. The Morgan fingerprint density at radius 2 is 1.73 bits per heavy atom. The molecule has 3 heterocycles. The van der Waals surface area contributed by atoms with Crippen LogP contribution in [0.2, 0.25) is 5.02 Å². The maximum absolute atomic E-state index is 14.6. The van der Waals surface area contributed by atoms with Gasteiger partial charge in [-0.15, -0.1) is 23.2 Å². The summed E-state index contributed by atoms with van der Waals surface area (Å²) in [4.78, 5) is 54.8. The van der Waals surface area contributed by atoms with Crippen LogP contribution >= 0.6 is 34.8 Å². The number of alkyl halides is 5. The van der Waals surface area contributed by atoms with Gasteiger partial charge in [-0.2, -0.15) is 18.2 Å². The summed E-state index contributed by atoms with van der Waals surface area (Å²) in [5.41, 5.74) is -0.839. The molecule has 232 valence electrons. The maximum atomic E-state index is 14.6. The van der Waals surface area contributed by atoms with Crippen LogP contribution < -0.4 is 5.01 Å². The first-order chi connectivity index (χ1) is 20.4. The minimum Gasteiger partial charge on any atom is -0.505 e. The highest BCUT2D eigenvalue weighted by Gasteiger charge is 2.76. The van der Waals surface area contributed by atoms with E-state index in [1.165, 1.54) is 20.2 Å². The lowest BCUT2D eigenvalue weighted by Gasteiger charge is -2.50. The largest absolute Gasteiger partial charge is 0.505 e. The predicted molar refractivity (Wildman–Crippen MR) is 148 cm³/mol. The number of carbonyl (C=O) groups is 4. The molecule has 1 aromatic heterocycles. The highest BCUT2D eigenvalue weighted by Crippen LogP contribution is 2.65. The molecule has 1 saturated carbocycles. The summed E-state index contributed by atoms with van der Waals surface area (Å²) in [7, 11) is 2.36. The van der Waals surface area contributed by atoms with Crippen LogP contribution in [0.25, 0.3) is 0 Å². The van der Waals surface area contributed by atoms with Crippen LogP contribution in [-0.4, -0.2) is 67.5 Å². The molecule has 0 radical (unpaired) electrons. The van der Waals surface area contributed by atoms with Crippen molar-refractivity contribution in [2.45, 2.75) is 34.7 Å². The van der Waals surface area contributed by atoms with E-state index in [-0.39, 0.29) is 23.4 Å². The van der Waals surface area contributed by atoms with E-state index in [4.69, 9.17) is 34.8 Å². The van der Waals surface area contributed by atoms with Gasteiger partial charge < -0.3 is 5.11 Å². The Kier molecular flexibility index (Phi) is 6.81. The van der Waals surface area contributed by atoms with Crippen LogP contribution in [-0.2, 0) is 25.4 Å². The Hall–Kier alpha value is -3.42. The number of benzene rings is 1. The van der Waals surface area contributed by atoms with Gasteiger partial charge in [0.05, 0.1) is 16.9 Å². The summed E-state index contributed by atoms with van der Waals surface area (Å²) in [6.07, 6.45) is -3.64. The molecule has 1 aromatic carbocycles. The van der Waals surface area contributed by atoms with Crippen LogP contribution in [0.15, 0.2) is 42.0 Å². The number of hydrogen-bond acceptors (Lipinski definition) is 7. The van der Waals surface area contributed by atoms with Crippen LogP contribution in [0.1, 0.15) is 30.0 Å². The van der Waals surface area contributed by atoms with E-state index in [2.05, 4.69) is 4.98 Å². The number of pyridine rings is 1. The fraction of sp³-hybridized carbons (Fsp3) is 0.393. The molecule has 3 fully saturated rings. The lowest BCUT2D eigenvalue weighted by Crippen LogP contribution is -2.60. The number of phenols is 1. The second kappa shape index (κ2) is 9.79. The lowest BCUT2D eigenvalue weighted by atomic mass is 9.56. The molecule has 2 aromatic rings. The summed E-state index contributed by atoms with van der Waals surface area (Å²) in [5, 5.41) is 11.1. The molecule has 0 spiro atoms. The van der Waals surface area contributed by atoms with Crippen molar-refractivity contribution in [1.82, 2.24) is 14.9 Å². The minimum atomic E-state index is -4.84. The number of phenolic OH excluding ortho intramolecular Hbond substituents is 1. The van der Waals surface area contributed by atoms with Gasteiger partial charge in [-0.05, 0) is 48.6 Å².